The molecule has 4 aromatic rings. The third kappa shape index (κ3) is 4.98. The smallest absolute Gasteiger partial charge is 0.315 e. The van der Waals surface area contributed by atoms with Gasteiger partial charge in [0, 0.05) is 11.6 Å². The molecule has 1 unspecified atom stereocenters. The summed E-state index contributed by atoms with van der Waals surface area (Å²) >= 11 is 0. The van der Waals surface area contributed by atoms with Crippen LogP contribution in [0.2, 0.25) is 0 Å². The van der Waals surface area contributed by atoms with Crippen molar-refractivity contribution in [1.29, 1.82) is 5.26 Å². The van der Waals surface area contributed by atoms with Gasteiger partial charge in [0.25, 0.3) is 0 Å². The fraction of sp³-hybridized carbons (Fsp3) is 0.161. The zero-order chi connectivity index (χ0) is 25.8. The molecule has 4 aromatic carbocycles. The second-order valence-corrected chi connectivity index (χ2v) is 8.83. The summed E-state index contributed by atoms with van der Waals surface area (Å²) in [4.78, 5) is 12.8. The Balaban J connectivity index is 1.41. The molecule has 0 radical (unpaired) electrons. The van der Waals surface area contributed by atoms with Gasteiger partial charge in [0.1, 0.15) is 28.9 Å². The van der Waals surface area contributed by atoms with E-state index in [1.54, 1.807) is 12.1 Å². The summed E-state index contributed by atoms with van der Waals surface area (Å²) in [5.74, 6) is 0.721. The van der Waals surface area contributed by atoms with Gasteiger partial charge < -0.3 is 19.9 Å². The topological polar surface area (TPSA) is 94.6 Å². The van der Waals surface area contributed by atoms with Gasteiger partial charge in [-0.2, -0.15) is 5.26 Å². The summed E-state index contributed by atoms with van der Waals surface area (Å²) in [5, 5.41) is 11.9. The Bertz CT molecular complexity index is 1550. The predicted molar refractivity (Wildman–Crippen MR) is 141 cm³/mol. The van der Waals surface area contributed by atoms with E-state index in [4.69, 9.17) is 19.9 Å². The first-order chi connectivity index (χ1) is 18.1. The van der Waals surface area contributed by atoms with Gasteiger partial charge in [-0.05, 0) is 46.5 Å². The molecule has 6 nitrogen and oxygen atoms in total. The van der Waals surface area contributed by atoms with Gasteiger partial charge in [-0.15, -0.1) is 0 Å². The fourth-order valence-electron chi connectivity index (χ4n) is 4.62. The lowest BCUT2D eigenvalue weighted by Gasteiger charge is -2.27. The second kappa shape index (κ2) is 10.5. The number of nitriles is 1. The van der Waals surface area contributed by atoms with E-state index in [0.29, 0.717) is 23.7 Å². The van der Waals surface area contributed by atoms with Crippen molar-refractivity contribution in [3.63, 3.8) is 0 Å². The summed E-state index contributed by atoms with van der Waals surface area (Å²) in [6, 6.07) is 28.8. The number of benzene rings is 4. The molecule has 1 aliphatic heterocycles. The average molecular weight is 491 g/mol. The summed E-state index contributed by atoms with van der Waals surface area (Å²) in [7, 11) is 0. The number of esters is 1. The molecule has 0 saturated carbocycles. The van der Waals surface area contributed by atoms with Crippen molar-refractivity contribution in [2.45, 2.75) is 25.7 Å². The second-order valence-electron chi connectivity index (χ2n) is 8.83. The number of hydrogen-bond acceptors (Lipinski definition) is 6. The van der Waals surface area contributed by atoms with Crippen LogP contribution in [0, 0.1) is 11.3 Å². The molecular weight excluding hydrogens is 464 g/mol. The van der Waals surface area contributed by atoms with Crippen molar-refractivity contribution in [3.05, 3.63) is 113 Å². The van der Waals surface area contributed by atoms with Crippen LogP contribution in [0.1, 0.15) is 36.0 Å². The number of nitrogens with zero attached hydrogens (tertiary/aromatic N) is 1. The molecule has 0 aliphatic carbocycles. The Morgan fingerprint density at radius 3 is 2.65 bits per heavy atom. The number of nitrogens with two attached hydrogens (primary N) is 1. The van der Waals surface area contributed by atoms with Gasteiger partial charge in [0.05, 0.1) is 18.9 Å². The third-order valence-electron chi connectivity index (χ3n) is 6.30. The van der Waals surface area contributed by atoms with Crippen molar-refractivity contribution in [2.24, 2.45) is 5.73 Å². The summed E-state index contributed by atoms with van der Waals surface area (Å²) in [5.41, 5.74) is 8.99. The Morgan fingerprint density at radius 1 is 1.00 bits per heavy atom. The van der Waals surface area contributed by atoms with Crippen LogP contribution in [0.5, 0.6) is 17.2 Å². The third-order valence-corrected chi connectivity index (χ3v) is 6.30. The SMILES string of the molecule is CCCOc1cccc(C2C(C#N)=C(N)Oc3cc(OC(=O)Cc4cccc5ccccc45)ccc32)c1. The first-order valence-electron chi connectivity index (χ1n) is 12.2. The number of allylic oxidation sites excluding steroid dienone is 1. The lowest BCUT2D eigenvalue weighted by molar-refractivity contribution is -0.133. The number of ether oxygens (including phenoxy) is 3. The van der Waals surface area contributed by atoms with E-state index in [0.717, 1.165) is 39.6 Å². The van der Waals surface area contributed by atoms with E-state index in [9.17, 15) is 10.1 Å². The molecule has 0 amide bonds. The molecule has 0 bridgehead atoms. The van der Waals surface area contributed by atoms with Crippen LogP contribution in [0.3, 0.4) is 0 Å². The van der Waals surface area contributed by atoms with Crippen LogP contribution in [-0.4, -0.2) is 12.6 Å². The Labute approximate surface area is 215 Å². The Morgan fingerprint density at radius 2 is 1.81 bits per heavy atom. The van der Waals surface area contributed by atoms with Gasteiger partial charge in [-0.3, -0.25) is 4.79 Å². The highest BCUT2D eigenvalue weighted by atomic mass is 16.5. The molecule has 2 N–H and O–H groups in total. The highest BCUT2D eigenvalue weighted by molar-refractivity contribution is 5.89. The minimum absolute atomic E-state index is 0.0270. The van der Waals surface area contributed by atoms with Crippen LogP contribution in [-0.2, 0) is 11.2 Å². The number of hydrogen-bond donors (Lipinski definition) is 1. The standard InChI is InChI=1S/C31H26N2O4/c1-2-15-35-23-11-6-10-22(16-23)30-26-14-13-24(18-28(26)37-31(33)27(30)19-32)36-29(34)17-21-9-5-8-20-7-3-4-12-25(20)21/h3-14,16,18,30H,2,15,17,33H2,1H3. The summed E-state index contributed by atoms with van der Waals surface area (Å²) in [6.45, 7) is 2.65. The Hall–Kier alpha value is -4.76. The summed E-state index contributed by atoms with van der Waals surface area (Å²) < 4.78 is 17.2. The maximum Gasteiger partial charge on any atom is 0.315 e. The monoisotopic (exact) mass is 490 g/mol. The largest absolute Gasteiger partial charge is 0.494 e. The van der Waals surface area contributed by atoms with Crippen LogP contribution < -0.4 is 19.9 Å². The zero-order valence-electron chi connectivity index (χ0n) is 20.4. The number of carbonyl (C=O) groups excluding carboxylic acids is 1. The zero-order valence-corrected chi connectivity index (χ0v) is 20.4. The molecule has 6 heteroatoms. The molecule has 5 rings (SSSR count). The number of fused-ring (bicyclic) bond motifs is 2. The van der Waals surface area contributed by atoms with Gasteiger partial charge >= 0.3 is 5.97 Å². The number of carbonyl (C=O) groups is 1. The molecule has 0 aromatic heterocycles. The molecule has 0 saturated heterocycles. The molecule has 1 aliphatic rings. The van der Waals surface area contributed by atoms with Crippen LogP contribution in [0.4, 0.5) is 0 Å². The van der Waals surface area contributed by atoms with Crippen LogP contribution in [0.15, 0.2) is 96.4 Å². The van der Waals surface area contributed by atoms with Gasteiger partial charge in [-0.1, -0.05) is 67.6 Å². The van der Waals surface area contributed by atoms with Crippen molar-refractivity contribution < 1.29 is 19.0 Å². The number of rotatable bonds is 7. The van der Waals surface area contributed by atoms with E-state index >= 15 is 0 Å². The van der Waals surface area contributed by atoms with Crippen molar-refractivity contribution in [1.82, 2.24) is 0 Å². The van der Waals surface area contributed by atoms with E-state index < -0.39 is 5.92 Å². The molecule has 0 fully saturated rings. The lowest BCUT2D eigenvalue weighted by Crippen LogP contribution is -2.21. The molecule has 184 valence electrons. The Kier molecular flexibility index (Phi) is 6.78. The van der Waals surface area contributed by atoms with Gasteiger partial charge in [0.15, 0.2) is 0 Å². The van der Waals surface area contributed by atoms with E-state index in [-0.39, 0.29) is 18.3 Å². The molecular formula is C31H26N2O4. The minimum atomic E-state index is -0.431. The molecule has 1 atom stereocenters. The van der Waals surface area contributed by atoms with Crippen molar-refractivity contribution in [2.75, 3.05) is 6.61 Å². The van der Waals surface area contributed by atoms with E-state index in [1.807, 2.05) is 79.7 Å². The normalized spacial score (nSPS) is 14.4. The van der Waals surface area contributed by atoms with Crippen molar-refractivity contribution in [3.8, 4) is 23.3 Å². The fourth-order valence-corrected chi connectivity index (χ4v) is 4.62. The average Bonchev–Trinajstić information content (AvgIpc) is 2.91. The van der Waals surface area contributed by atoms with Crippen molar-refractivity contribution >= 4 is 16.7 Å². The quantitative estimate of drug-likeness (QED) is 0.252. The van der Waals surface area contributed by atoms with Crippen LogP contribution >= 0.6 is 0 Å². The van der Waals surface area contributed by atoms with E-state index in [1.165, 1.54) is 0 Å². The molecule has 37 heavy (non-hydrogen) atoms. The van der Waals surface area contributed by atoms with Gasteiger partial charge in [0.2, 0.25) is 5.88 Å². The highest BCUT2D eigenvalue weighted by Crippen LogP contribution is 2.44. The lowest BCUT2D eigenvalue weighted by atomic mass is 9.83. The highest BCUT2D eigenvalue weighted by Gasteiger charge is 2.31. The minimum Gasteiger partial charge on any atom is -0.494 e. The summed E-state index contributed by atoms with van der Waals surface area (Å²) in [6.07, 6.45) is 1.02. The van der Waals surface area contributed by atoms with E-state index in [2.05, 4.69) is 6.07 Å². The predicted octanol–water partition coefficient (Wildman–Crippen LogP) is 5.99. The molecule has 0 spiro atoms. The van der Waals surface area contributed by atoms with Crippen LogP contribution in [0.25, 0.3) is 10.8 Å². The first-order valence-corrected chi connectivity index (χ1v) is 12.2. The first kappa shape index (κ1) is 24.0. The maximum absolute atomic E-state index is 12.8. The molecule has 1 heterocycles. The van der Waals surface area contributed by atoms with Gasteiger partial charge in [-0.25, -0.2) is 0 Å². The maximum atomic E-state index is 12.8.